The largest absolute Gasteiger partial charge is 0.363 e. The predicted molar refractivity (Wildman–Crippen MR) is 27.5 cm³/mol. The highest BCUT2D eigenvalue weighted by Gasteiger charge is 2.19. The van der Waals surface area contributed by atoms with Gasteiger partial charge in [0.15, 0.2) is 0 Å². The molecule has 1 rings (SSSR count). The number of azo groups is 1. The molecule has 0 aliphatic carbocycles. The average Bonchev–Trinajstić information content (AvgIpc) is 1.98. The molecule has 0 bridgehead atoms. The second-order valence-corrected chi connectivity index (χ2v) is 1.74. The molecule has 4 heteroatoms. The summed E-state index contributed by atoms with van der Waals surface area (Å²) in [5.74, 6) is 0. The third-order valence-electron chi connectivity index (χ3n) is 1.17. The Labute approximate surface area is 47.2 Å². The van der Waals surface area contributed by atoms with Crippen molar-refractivity contribution in [1.29, 1.82) is 0 Å². The van der Waals surface area contributed by atoms with E-state index >= 15 is 0 Å². The van der Waals surface area contributed by atoms with Gasteiger partial charge in [-0.05, 0) is 6.92 Å². The third-order valence-corrected chi connectivity index (χ3v) is 1.17. The normalized spacial score (nSPS) is 27.5. The van der Waals surface area contributed by atoms with Crippen molar-refractivity contribution in [2.45, 2.75) is 13.1 Å². The fourth-order valence-electron chi connectivity index (χ4n) is 0.441. The van der Waals surface area contributed by atoms with E-state index in [1.807, 2.05) is 6.92 Å². The first kappa shape index (κ1) is 5.21. The molecule has 1 atom stereocenters. The van der Waals surface area contributed by atoms with Crippen LogP contribution < -0.4 is 0 Å². The van der Waals surface area contributed by atoms with Gasteiger partial charge in [0.25, 0.3) is 0 Å². The Morgan fingerprint density at radius 3 is 2.50 bits per heavy atom. The fraction of sp³-hybridized carbons (Fsp3) is 0.750. The molecule has 0 aromatic rings. The number of amides is 2. The maximum absolute atomic E-state index is 10.4. The molecular formula is C4H7N3O. The molecule has 0 fully saturated rings. The van der Waals surface area contributed by atoms with Gasteiger partial charge < -0.3 is 4.90 Å². The van der Waals surface area contributed by atoms with E-state index in [1.54, 1.807) is 7.05 Å². The highest BCUT2D eigenvalue weighted by atomic mass is 16.2. The van der Waals surface area contributed by atoms with Crippen LogP contribution in [0.2, 0.25) is 0 Å². The first-order valence-corrected chi connectivity index (χ1v) is 2.39. The summed E-state index contributed by atoms with van der Waals surface area (Å²) in [6, 6.07) is -0.252. The van der Waals surface area contributed by atoms with E-state index in [0.29, 0.717) is 0 Å². The number of nitrogens with zero attached hydrogens (tertiary/aromatic N) is 3. The van der Waals surface area contributed by atoms with Gasteiger partial charge in [0, 0.05) is 7.05 Å². The van der Waals surface area contributed by atoms with Crippen molar-refractivity contribution in [2.75, 3.05) is 7.05 Å². The molecule has 0 saturated carbocycles. The number of urea groups is 1. The number of rotatable bonds is 0. The van der Waals surface area contributed by atoms with Crippen molar-refractivity contribution in [3.8, 4) is 0 Å². The highest BCUT2D eigenvalue weighted by Crippen LogP contribution is 2.07. The van der Waals surface area contributed by atoms with Gasteiger partial charge in [0.05, 0.1) is 0 Å². The zero-order valence-electron chi connectivity index (χ0n) is 4.83. The van der Waals surface area contributed by atoms with Gasteiger partial charge in [-0.25, -0.2) is 4.79 Å². The van der Waals surface area contributed by atoms with Crippen molar-refractivity contribution < 1.29 is 4.79 Å². The van der Waals surface area contributed by atoms with Gasteiger partial charge in [0.1, 0.15) is 6.17 Å². The summed E-state index contributed by atoms with van der Waals surface area (Å²) in [4.78, 5) is 11.9. The van der Waals surface area contributed by atoms with Gasteiger partial charge in [-0.1, -0.05) is 5.11 Å². The van der Waals surface area contributed by atoms with Crippen LogP contribution >= 0.6 is 0 Å². The van der Waals surface area contributed by atoms with Crippen molar-refractivity contribution in [3.05, 3.63) is 0 Å². The SMILES string of the molecule is CC1N=NC(=O)N1C. The Kier molecular flexibility index (Phi) is 1.00. The molecule has 1 unspecified atom stereocenters. The second-order valence-electron chi connectivity index (χ2n) is 1.74. The first-order valence-electron chi connectivity index (χ1n) is 2.39. The van der Waals surface area contributed by atoms with E-state index < -0.39 is 0 Å². The Morgan fingerprint density at radius 2 is 2.38 bits per heavy atom. The van der Waals surface area contributed by atoms with Crippen LogP contribution in [0.25, 0.3) is 0 Å². The lowest BCUT2D eigenvalue weighted by atomic mass is 10.5. The smallest absolute Gasteiger partial charge is 0.301 e. The molecule has 1 aliphatic heterocycles. The molecule has 2 amide bonds. The Morgan fingerprint density at radius 1 is 1.75 bits per heavy atom. The predicted octanol–water partition coefficient (Wildman–Crippen LogP) is 0.850. The van der Waals surface area contributed by atoms with Gasteiger partial charge in [-0.2, -0.15) is 5.11 Å². The van der Waals surface area contributed by atoms with Gasteiger partial charge in [0.2, 0.25) is 0 Å². The van der Waals surface area contributed by atoms with Gasteiger partial charge in [-0.15, -0.1) is 0 Å². The Hall–Kier alpha value is -0.930. The molecule has 0 saturated heterocycles. The van der Waals surface area contributed by atoms with Crippen molar-refractivity contribution in [3.63, 3.8) is 0 Å². The number of carbonyl (C=O) groups is 1. The van der Waals surface area contributed by atoms with Gasteiger partial charge >= 0.3 is 6.03 Å². The maximum atomic E-state index is 10.4. The minimum absolute atomic E-state index is 0.0671. The minimum atomic E-state index is -0.252. The van der Waals surface area contributed by atoms with Crippen LogP contribution in [-0.2, 0) is 0 Å². The summed E-state index contributed by atoms with van der Waals surface area (Å²) >= 11 is 0. The lowest BCUT2D eigenvalue weighted by Crippen LogP contribution is -2.25. The molecule has 0 N–H and O–H groups in total. The molecule has 44 valence electrons. The van der Waals surface area contributed by atoms with E-state index in [9.17, 15) is 4.79 Å². The van der Waals surface area contributed by atoms with Crippen molar-refractivity contribution >= 4 is 6.03 Å². The van der Waals surface area contributed by atoms with Crippen LogP contribution in [0.15, 0.2) is 10.2 Å². The second kappa shape index (κ2) is 1.54. The molecule has 0 radical (unpaired) electrons. The zero-order chi connectivity index (χ0) is 6.15. The number of hydrogen-bond donors (Lipinski definition) is 0. The average molecular weight is 113 g/mol. The summed E-state index contributed by atoms with van der Waals surface area (Å²) in [5, 5.41) is 6.91. The molecule has 1 aliphatic rings. The lowest BCUT2D eigenvalue weighted by Gasteiger charge is -2.08. The summed E-state index contributed by atoms with van der Waals surface area (Å²) < 4.78 is 0. The van der Waals surface area contributed by atoms with E-state index in [-0.39, 0.29) is 12.2 Å². The van der Waals surface area contributed by atoms with Gasteiger partial charge in [-0.3, -0.25) is 0 Å². The van der Waals surface area contributed by atoms with E-state index in [4.69, 9.17) is 0 Å². The summed E-state index contributed by atoms with van der Waals surface area (Å²) in [6.07, 6.45) is -0.0671. The zero-order valence-corrected chi connectivity index (χ0v) is 4.83. The van der Waals surface area contributed by atoms with Crippen LogP contribution in [0.4, 0.5) is 4.79 Å². The van der Waals surface area contributed by atoms with Crippen molar-refractivity contribution in [2.24, 2.45) is 10.2 Å². The van der Waals surface area contributed by atoms with Crippen LogP contribution in [0.5, 0.6) is 0 Å². The van der Waals surface area contributed by atoms with Crippen LogP contribution in [0, 0.1) is 0 Å². The van der Waals surface area contributed by atoms with E-state index in [0.717, 1.165) is 0 Å². The molecular weight excluding hydrogens is 106 g/mol. The molecule has 0 spiro atoms. The lowest BCUT2D eigenvalue weighted by molar-refractivity contribution is 0.218. The molecule has 1 heterocycles. The Balaban J connectivity index is 2.69. The molecule has 0 aromatic heterocycles. The summed E-state index contributed by atoms with van der Waals surface area (Å²) in [5.41, 5.74) is 0. The minimum Gasteiger partial charge on any atom is -0.301 e. The molecule has 8 heavy (non-hydrogen) atoms. The van der Waals surface area contributed by atoms with Crippen LogP contribution in [0.3, 0.4) is 0 Å². The summed E-state index contributed by atoms with van der Waals surface area (Å²) in [6.45, 7) is 1.81. The maximum Gasteiger partial charge on any atom is 0.363 e. The molecule has 4 nitrogen and oxygen atoms in total. The standard InChI is InChI=1S/C4H7N3O/c1-3-5-6-4(8)7(3)2/h3H,1-2H3. The number of hydrogen-bond acceptors (Lipinski definition) is 2. The monoisotopic (exact) mass is 113 g/mol. The third kappa shape index (κ3) is 0.576. The van der Waals surface area contributed by atoms with Crippen LogP contribution in [0.1, 0.15) is 6.92 Å². The quantitative estimate of drug-likeness (QED) is 0.459. The first-order chi connectivity index (χ1) is 3.72. The topological polar surface area (TPSA) is 45.0 Å². The van der Waals surface area contributed by atoms with Crippen LogP contribution in [-0.4, -0.2) is 24.1 Å². The fourth-order valence-corrected chi connectivity index (χ4v) is 0.441. The van der Waals surface area contributed by atoms with E-state index in [1.165, 1.54) is 4.90 Å². The number of carbonyl (C=O) groups excluding carboxylic acids is 1. The summed E-state index contributed by atoms with van der Waals surface area (Å²) in [7, 11) is 1.67. The Bertz CT molecular complexity index is 142. The van der Waals surface area contributed by atoms with Crippen molar-refractivity contribution in [1.82, 2.24) is 4.90 Å². The van der Waals surface area contributed by atoms with E-state index in [2.05, 4.69) is 10.2 Å². The molecule has 0 aromatic carbocycles. The highest BCUT2D eigenvalue weighted by molar-refractivity contribution is 5.75.